The predicted molar refractivity (Wildman–Crippen MR) is 72.8 cm³/mol. The van der Waals surface area contributed by atoms with E-state index < -0.39 is 0 Å². The van der Waals surface area contributed by atoms with Gasteiger partial charge in [-0.3, -0.25) is 0 Å². The average molecular weight is 247 g/mol. The molecule has 1 aromatic carbocycles. The third kappa shape index (κ3) is 2.67. The van der Waals surface area contributed by atoms with Crippen LogP contribution in [-0.4, -0.2) is 11.6 Å². The van der Waals surface area contributed by atoms with Crippen LogP contribution < -0.4 is 4.74 Å². The molecule has 0 saturated heterocycles. The molecule has 17 heavy (non-hydrogen) atoms. The Morgan fingerprint density at radius 3 is 2.71 bits per heavy atom. The first-order chi connectivity index (χ1) is 8.22. The predicted octanol–water partition coefficient (Wildman–Crippen LogP) is 4.33. The maximum Gasteiger partial charge on any atom is 0.129 e. The normalized spacial score (nSPS) is 10.8. The van der Waals surface area contributed by atoms with Crippen molar-refractivity contribution in [1.29, 1.82) is 0 Å². The molecule has 2 nitrogen and oxygen atoms in total. The number of nitrogens with zero attached hydrogens (tertiary/aromatic N) is 1. The quantitative estimate of drug-likeness (QED) is 0.802. The molecule has 0 radical (unpaired) electrons. The number of thiazole rings is 1. The minimum absolute atomic E-state index is 0.472. The molecule has 2 aromatic rings. The van der Waals surface area contributed by atoms with Gasteiger partial charge in [-0.05, 0) is 25.0 Å². The molecular formula is C14H17NOS. The highest BCUT2D eigenvalue weighted by molar-refractivity contribution is 7.13. The van der Waals surface area contributed by atoms with Crippen molar-refractivity contribution in [3.05, 3.63) is 35.3 Å². The van der Waals surface area contributed by atoms with Gasteiger partial charge in [0.25, 0.3) is 0 Å². The second kappa shape index (κ2) is 5.32. The van der Waals surface area contributed by atoms with Crippen molar-refractivity contribution in [3.63, 3.8) is 0 Å². The highest BCUT2D eigenvalue weighted by Gasteiger charge is 2.11. The molecule has 0 aliphatic rings. The summed E-state index contributed by atoms with van der Waals surface area (Å²) in [6.07, 6.45) is 0. The molecule has 0 saturated carbocycles. The standard InChI is InChI=1S/C14H17NOS/c1-4-16-13-8-6-5-7-11(13)14-15-12(9-17-14)10(2)3/h5-10H,4H2,1-3H3. The Morgan fingerprint density at radius 2 is 2.06 bits per heavy atom. The summed E-state index contributed by atoms with van der Waals surface area (Å²) in [5.74, 6) is 1.39. The summed E-state index contributed by atoms with van der Waals surface area (Å²) in [4.78, 5) is 4.66. The summed E-state index contributed by atoms with van der Waals surface area (Å²) in [5, 5.41) is 3.17. The van der Waals surface area contributed by atoms with E-state index in [4.69, 9.17) is 4.74 Å². The summed E-state index contributed by atoms with van der Waals surface area (Å²) in [6, 6.07) is 8.07. The summed E-state index contributed by atoms with van der Waals surface area (Å²) < 4.78 is 5.63. The molecule has 1 aromatic heterocycles. The number of aromatic nitrogens is 1. The largest absolute Gasteiger partial charge is 0.493 e. The van der Waals surface area contributed by atoms with E-state index in [1.807, 2.05) is 25.1 Å². The number of ether oxygens (including phenoxy) is 1. The van der Waals surface area contributed by atoms with Crippen LogP contribution in [0.1, 0.15) is 32.4 Å². The van der Waals surface area contributed by atoms with Gasteiger partial charge >= 0.3 is 0 Å². The summed E-state index contributed by atoms with van der Waals surface area (Å²) in [7, 11) is 0. The van der Waals surface area contributed by atoms with Gasteiger partial charge in [0.05, 0.1) is 17.9 Å². The van der Waals surface area contributed by atoms with E-state index >= 15 is 0 Å². The molecule has 1 heterocycles. The first kappa shape index (κ1) is 12.1. The fourth-order valence-electron chi connectivity index (χ4n) is 1.60. The lowest BCUT2D eigenvalue weighted by Crippen LogP contribution is -1.94. The first-order valence-corrected chi connectivity index (χ1v) is 6.78. The van der Waals surface area contributed by atoms with Crippen molar-refractivity contribution in [1.82, 2.24) is 4.98 Å². The van der Waals surface area contributed by atoms with Crippen molar-refractivity contribution in [2.24, 2.45) is 0 Å². The lowest BCUT2D eigenvalue weighted by molar-refractivity contribution is 0.341. The Morgan fingerprint density at radius 1 is 1.29 bits per heavy atom. The molecule has 0 atom stereocenters. The third-order valence-corrected chi connectivity index (χ3v) is 3.42. The maximum atomic E-state index is 5.63. The zero-order valence-corrected chi connectivity index (χ0v) is 11.3. The van der Waals surface area contributed by atoms with Crippen LogP contribution in [0.25, 0.3) is 10.6 Å². The molecule has 0 unspecified atom stereocenters. The SMILES string of the molecule is CCOc1ccccc1-c1nc(C(C)C)cs1. The van der Waals surface area contributed by atoms with Crippen LogP contribution in [0.2, 0.25) is 0 Å². The molecular weight excluding hydrogens is 230 g/mol. The van der Waals surface area contributed by atoms with E-state index in [9.17, 15) is 0 Å². The number of para-hydroxylation sites is 1. The molecule has 0 fully saturated rings. The van der Waals surface area contributed by atoms with E-state index in [0.717, 1.165) is 22.0 Å². The van der Waals surface area contributed by atoms with E-state index in [1.54, 1.807) is 11.3 Å². The minimum Gasteiger partial charge on any atom is -0.493 e. The maximum absolute atomic E-state index is 5.63. The minimum atomic E-state index is 0.472. The topological polar surface area (TPSA) is 22.1 Å². The molecule has 0 amide bonds. The molecule has 2 rings (SSSR count). The van der Waals surface area contributed by atoms with E-state index in [0.29, 0.717) is 12.5 Å². The van der Waals surface area contributed by atoms with Gasteiger partial charge in [-0.15, -0.1) is 11.3 Å². The fraction of sp³-hybridized carbons (Fsp3) is 0.357. The highest BCUT2D eigenvalue weighted by Crippen LogP contribution is 2.33. The van der Waals surface area contributed by atoms with Crippen LogP contribution in [0.4, 0.5) is 0 Å². The van der Waals surface area contributed by atoms with Crippen LogP contribution >= 0.6 is 11.3 Å². The number of hydrogen-bond donors (Lipinski definition) is 0. The molecule has 90 valence electrons. The van der Waals surface area contributed by atoms with Crippen molar-refractivity contribution >= 4 is 11.3 Å². The molecule has 0 spiro atoms. The van der Waals surface area contributed by atoms with Crippen LogP contribution in [0, 0.1) is 0 Å². The van der Waals surface area contributed by atoms with Gasteiger partial charge in [-0.25, -0.2) is 4.98 Å². The molecule has 3 heteroatoms. The number of benzene rings is 1. The van der Waals surface area contributed by atoms with Gasteiger partial charge in [0.2, 0.25) is 0 Å². The second-order valence-electron chi connectivity index (χ2n) is 4.16. The Balaban J connectivity index is 2.38. The Hall–Kier alpha value is -1.35. The fourth-order valence-corrected chi connectivity index (χ4v) is 2.61. The van der Waals surface area contributed by atoms with Gasteiger partial charge in [0.1, 0.15) is 10.8 Å². The smallest absolute Gasteiger partial charge is 0.129 e. The van der Waals surface area contributed by atoms with Gasteiger partial charge < -0.3 is 4.74 Å². The van der Waals surface area contributed by atoms with Crippen molar-refractivity contribution < 1.29 is 4.74 Å². The van der Waals surface area contributed by atoms with Crippen LogP contribution in [-0.2, 0) is 0 Å². The highest BCUT2D eigenvalue weighted by atomic mass is 32.1. The summed E-state index contributed by atoms with van der Waals surface area (Å²) >= 11 is 1.68. The van der Waals surface area contributed by atoms with Gasteiger partial charge in [0, 0.05) is 5.38 Å². The van der Waals surface area contributed by atoms with Crippen LogP contribution in [0.5, 0.6) is 5.75 Å². The Labute approximate surface area is 106 Å². The first-order valence-electron chi connectivity index (χ1n) is 5.90. The summed E-state index contributed by atoms with van der Waals surface area (Å²) in [6.45, 7) is 7.00. The molecule has 0 aliphatic heterocycles. The van der Waals surface area contributed by atoms with Crippen molar-refractivity contribution in [2.75, 3.05) is 6.61 Å². The molecule has 0 aliphatic carbocycles. The Kier molecular flexibility index (Phi) is 3.79. The van der Waals surface area contributed by atoms with E-state index in [1.165, 1.54) is 0 Å². The van der Waals surface area contributed by atoms with E-state index in [-0.39, 0.29) is 0 Å². The molecule has 0 bridgehead atoms. The monoisotopic (exact) mass is 247 g/mol. The van der Waals surface area contributed by atoms with Gasteiger partial charge in [0.15, 0.2) is 0 Å². The lowest BCUT2D eigenvalue weighted by atomic mass is 10.1. The van der Waals surface area contributed by atoms with Crippen molar-refractivity contribution in [2.45, 2.75) is 26.7 Å². The summed E-state index contributed by atoms with van der Waals surface area (Å²) in [5.41, 5.74) is 2.24. The zero-order chi connectivity index (χ0) is 12.3. The van der Waals surface area contributed by atoms with Crippen LogP contribution in [0.3, 0.4) is 0 Å². The van der Waals surface area contributed by atoms with E-state index in [2.05, 4.69) is 30.3 Å². The number of rotatable bonds is 4. The lowest BCUT2D eigenvalue weighted by Gasteiger charge is -2.07. The van der Waals surface area contributed by atoms with Gasteiger partial charge in [-0.2, -0.15) is 0 Å². The Bertz CT molecular complexity index is 490. The van der Waals surface area contributed by atoms with Crippen LogP contribution in [0.15, 0.2) is 29.6 Å². The van der Waals surface area contributed by atoms with Gasteiger partial charge in [-0.1, -0.05) is 26.0 Å². The number of hydrogen-bond acceptors (Lipinski definition) is 3. The second-order valence-corrected chi connectivity index (χ2v) is 5.02. The van der Waals surface area contributed by atoms with Crippen molar-refractivity contribution in [3.8, 4) is 16.3 Å². The zero-order valence-electron chi connectivity index (χ0n) is 10.4. The molecule has 0 N–H and O–H groups in total. The third-order valence-electron chi connectivity index (χ3n) is 2.53. The average Bonchev–Trinajstić information content (AvgIpc) is 2.79.